The number of hydrogen-bond donors (Lipinski definition) is 1. The van der Waals surface area contributed by atoms with Crippen molar-refractivity contribution in [3.8, 4) is 5.75 Å². The monoisotopic (exact) mass is 349 g/mol. The van der Waals surface area contributed by atoms with Crippen molar-refractivity contribution in [2.24, 2.45) is 0 Å². The number of rotatable bonds is 7. The lowest BCUT2D eigenvalue weighted by Crippen LogP contribution is -2.28. The minimum Gasteiger partial charge on any atom is -0.484 e. The topological polar surface area (TPSA) is 56.1 Å². The van der Waals surface area contributed by atoms with Gasteiger partial charge in [-0.2, -0.15) is 0 Å². The average molecular weight is 349 g/mol. The van der Waals surface area contributed by atoms with Crippen molar-refractivity contribution >= 4 is 5.91 Å². The summed E-state index contributed by atoms with van der Waals surface area (Å²) in [6.45, 7) is 5.30. The summed E-state index contributed by atoms with van der Waals surface area (Å²) in [5.74, 6) is 0.613. The molecule has 0 unspecified atom stereocenters. The fraction of sp³-hybridized carbons (Fsp3) is 0.238. The summed E-state index contributed by atoms with van der Waals surface area (Å²) in [6, 6.07) is 14.1. The van der Waals surface area contributed by atoms with E-state index in [9.17, 15) is 4.79 Å². The van der Waals surface area contributed by atoms with Gasteiger partial charge < -0.3 is 14.6 Å². The third-order valence-corrected chi connectivity index (χ3v) is 4.13. The quantitative estimate of drug-likeness (QED) is 0.712. The maximum atomic E-state index is 12.0. The third kappa shape index (κ3) is 4.96. The highest BCUT2D eigenvalue weighted by Crippen LogP contribution is 2.18. The lowest BCUT2D eigenvalue weighted by atomic mass is 10.1. The first kappa shape index (κ1) is 17.7. The number of carbonyl (C=O) groups is 1. The smallest absolute Gasteiger partial charge is 0.258 e. The number of ether oxygens (including phenoxy) is 1. The summed E-state index contributed by atoms with van der Waals surface area (Å²) in [4.78, 5) is 16.0. The van der Waals surface area contributed by atoms with Gasteiger partial charge in [-0.05, 0) is 36.6 Å². The van der Waals surface area contributed by atoms with Gasteiger partial charge in [-0.25, -0.2) is 4.98 Å². The highest BCUT2D eigenvalue weighted by atomic mass is 16.5. The summed E-state index contributed by atoms with van der Waals surface area (Å²) >= 11 is 0. The minimum atomic E-state index is -0.132. The fourth-order valence-corrected chi connectivity index (χ4v) is 2.71. The Balaban J connectivity index is 1.45. The van der Waals surface area contributed by atoms with Gasteiger partial charge in [0, 0.05) is 25.5 Å². The van der Waals surface area contributed by atoms with Crippen LogP contribution in [0, 0.1) is 13.8 Å². The Morgan fingerprint density at radius 3 is 2.58 bits per heavy atom. The largest absolute Gasteiger partial charge is 0.484 e. The van der Waals surface area contributed by atoms with Crippen LogP contribution in [0.1, 0.15) is 22.3 Å². The number of aromatic nitrogens is 2. The highest BCUT2D eigenvalue weighted by Gasteiger charge is 2.05. The van der Waals surface area contributed by atoms with E-state index in [1.54, 1.807) is 12.5 Å². The van der Waals surface area contributed by atoms with Crippen molar-refractivity contribution in [3.63, 3.8) is 0 Å². The average Bonchev–Trinajstić information content (AvgIpc) is 3.13. The van der Waals surface area contributed by atoms with Gasteiger partial charge in [-0.3, -0.25) is 4.79 Å². The Morgan fingerprint density at radius 1 is 1.12 bits per heavy atom. The number of benzene rings is 2. The zero-order chi connectivity index (χ0) is 18.4. The molecule has 1 N–H and O–H groups in total. The summed E-state index contributed by atoms with van der Waals surface area (Å²) in [5.41, 5.74) is 4.46. The number of amides is 1. The molecule has 0 saturated heterocycles. The molecule has 134 valence electrons. The van der Waals surface area contributed by atoms with E-state index in [1.165, 1.54) is 11.1 Å². The molecule has 5 nitrogen and oxygen atoms in total. The van der Waals surface area contributed by atoms with Crippen LogP contribution in [0.3, 0.4) is 0 Å². The number of carbonyl (C=O) groups excluding carboxylic acids is 1. The van der Waals surface area contributed by atoms with Gasteiger partial charge in [0.2, 0.25) is 0 Å². The molecule has 1 amide bonds. The second kappa shape index (κ2) is 8.34. The van der Waals surface area contributed by atoms with Crippen LogP contribution in [0.4, 0.5) is 0 Å². The van der Waals surface area contributed by atoms with E-state index in [0.717, 1.165) is 23.4 Å². The SMILES string of the molecule is Cc1ccc(OCC(=O)NCc2ccc(Cn3ccnc3)cc2)c(C)c1. The Labute approximate surface area is 153 Å². The zero-order valence-electron chi connectivity index (χ0n) is 15.1. The van der Waals surface area contributed by atoms with Crippen LogP contribution in [-0.4, -0.2) is 22.1 Å². The lowest BCUT2D eigenvalue weighted by molar-refractivity contribution is -0.123. The van der Waals surface area contributed by atoms with Crippen LogP contribution < -0.4 is 10.1 Å². The number of hydrogen-bond acceptors (Lipinski definition) is 3. The van der Waals surface area contributed by atoms with Crippen molar-refractivity contribution in [2.45, 2.75) is 26.9 Å². The second-order valence-corrected chi connectivity index (χ2v) is 6.39. The van der Waals surface area contributed by atoms with Gasteiger partial charge in [-0.1, -0.05) is 42.0 Å². The van der Waals surface area contributed by atoms with E-state index in [0.29, 0.717) is 6.54 Å². The molecule has 5 heteroatoms. The first-order valence-corrected chi connectivity index (χ1v) is 8.60. The Morgan fingerprint density at radius 2 is 1.88 bits per heavy atom. The molecule has 26 heavy (non-hydrogen) atoms. The molecular formula is C21H23N3O2. The van der Waals surface area contributed by atoms with Crippen LogP contribution >= 0.6 is 0 Å². The molecule has 0 aliphatic heterocycles. The van der Waals surface area contributed by atoms with Gasteiger partial charge >= 0.3 is 0 Å². The number of nitrogens with one attached hydrogen (secondary N) is 1. The number of aryl methyl sites for hydroxylation is 2. The standard InChI is InChI=1S/C21H23N3O2/c1-16-3-8-20(17(2)11-16)26-14-21(25)23-12-18-4-6-19(7-5-18)13-24-10-9-22-15-24/h3-11,15H,12-14H2,1-2H3,(H,23,25). The maximum Gasteiger partial charge on any atom is 0.258 e. The lowest BCUT2D eigenvalue weighted by Gasteiger charge is -2.10. The van der Waals surface area contributed by atoms with E-state index in [4.69, 9.17) is 4.74 Å². The van der Waals surface area contributed by atoms with Gasteiger partial charge in [0.05, 0.1) is 6.33 Å². The van der Waals surface area contributed by atoms with Crippen molar-refractivity contribution in [3.05, 3.63) is 83.4 Å². The molecule has 3 rings (SSSR count). The molecule has 0 aliphatic carbocycles. The Hall–Kier alpha value is -3.08. The number of imidazole rings is 1. The first-order chi connectivity index (χ1) is 12.6. The molecule has 0 bridgehead atoms. The van der Waals surface area contributed by atoms with E-state index in [1.807, 2.05) is 54.9 Å². The van der Waals surface area contributed by atoms with Gasteiger partial charge in [0.1, 0.15) is 5.75 Å². The van der Waals surface area contributed by atoms with Crippen molar-refractivity contribution in [1.29, 1.82) is 0 Å². The molecule has 3 aromatic rings. The molecule has 1 heterocycles. The van der Waals surface area contributed by atoms with Crippen LogP contribution in [0.5, 0.6) is 5.75 Å². The summed E-state index contributed by atoms with van der Waals surface area (Å²) in [5, 5.41) is 2.89. The van der Waals surface area contributed by atoms with Crippen LogP contribution in [0.15, 0.2) is 61.2 Å². The molecule has 1 aromatic heterocycles. The highest BCUT2D eigenvalue weighted by molar-refractivity contribution is 5.77. The number of nitrogens with zero attached hydrogens (tertiary/aromatic N) is 2. The van der Waals surface area contributed by atoms with E-state index in [2.05, 4.69) is 22.4 Å². The molecule has 0 spiro atoms. The molecule has 0 saturated carbocycles. The second-order valence-electron chi connectivity index (χ2n) is 6.39. The maximum absolute atomic E-state index is 12.0. The predicted octanol–water partition coefficient (Wildman–Crippen LogP) is 3.24. The van der Waals surface area contributed by atoms with Crippen LogP contribution in [0.2, 0.25) is 0 Å². The van der Waals surface area contributed by atoms with E-state index < -0.39 is 0 Å². The molecular weight excluding hydrogens is 326 g/mol. The minimum absolute atomic E-state index is 0.0165. The Bertz CT molecular complexity index is 855. The first-order valence-electron chi connectivity index (χ1n) is 8.60. The van der Waals surface area contributed by atoms with Gasteiger partial charge in [0.15, 0.2) is 6.61 Å². The normalized spacial score (nSPS) is 10.5. The van der Waals surface area contributed by atoms with Crippen molar-refractivity contribution < 1.29 is 9.53 Å². The summed E-state index contributed by atoms with van der Waals surface area (Å²) in [6.07, 6.45) is 5.50. The van der Waals surface area contributed by atoms with Crippen molar-refractivity contribution in [1.82, 2.24) is 14.9 Å². The molecule has 0 fully saturated rings. The molecule has 0 atom stereocenters. The van der Waals surface area contributed by atoms with Crippen molar-refractivity contribution in [2.75, 3.05) is 6.61 Å². The zero-order valence-corrected chi connectivity index (χ0v) is 15.1. The third-order valence-electron chi connectivity index (χ3n) is 4.13. The van der Waals surface area contributed by atoms with Crippen LogP contribution in [0.25, 0.3) is 0 Å². The van der Waals surface area contributed by atoms with E-state index in [-0.39, 0.29) is 12.5 Å². The molecule has 0 radical (unpaired) electrons. The summed E-state index contributed by atoms with van der Waals surface area (Å²) < 4.78 is 7.61. The fourth-order valence-electron chi connectivity index (χ4n) is 2.71. The Kier molecular flexibility index (Phi) is 5.69. The molecule has 0 aliphatic rings. The molecule has 2 aromatic carbocycles. The van der Waals surface area contributed by atoms with Gasteiger partial charge in [0.25, 0.3) is 5.91 Å². The van der Waals surface area contributed by atoms with Crippen LogP contribution in [-0.2, 0) is 17.9 Å². The predicted molar refractivity (Wildman–Crippen MR) is 101 cm³/mol. The van der Waals surface area contributed by atoms with Gasteiger partial charge in [-0.15, -0.1) is 0 Å². The van der Waals surface area contributed by atoms with E-state index >= 15 is 0 Å². The summed E-state index contributed by atoms with van der Waals surface area (Å²) in [7, 11) is 0.